The quantitative estimate of drug-likeness (QED) is 0.547. The van der Waals surface area contributed by atoms with Crippen molar-refractivity contribution in [2.75, 3.05) is 23.4 Å². The maximum Gasteiger partial charge on any atom is 0.277 e. The van der Waals surface area contributed by atoms with Crippen LogP contribution in [0.4, 0.5) is 5.69 Å². The van der Waals surface area contributed by atoms with Crippen LogP contribution in [0.2, 0.25) is 0 Å². The third-order valence-electron chi connectivity index (χ3n) is 3.73. The molecule has 3 rings (SSSR count). The van der Waals surface area contributed by atoms with Gasteiger partial charge in [0.05, 0.1) is 17.7 Å². The number of hydrogen-bond acceptors (Lipinski definition) is 7. The van der Waals surface area contributed by atoms with Crippen LogP contribution < -0.4 is 4.31 Å². The predicted octanol–water partition coefficient (Wildman–Crippen LogP) is 2.32. The summed E-state index contributed by atoms with van der Waals surface area (Å²) >= 11 is 1.21. The van der Waals surface area contributed by atoms with Crippen molar-refractivity contribution in [1.29, 1.82) is 0 Å². The zero-order valence-electron chi connectivity index (χ0n) is 13.3. The van der Waals surface area contributed by atoms with E-state index in [1.54, 1.807) is 24.3 Å². The van der Waals surface area contributed by atoms with Crippen LogP contribution in [-0.4, -0.2) is 43.5 Å². The van der Waals surface area contributed by atoms with E-state index < -0.39 is 10.0 Å². The fourth-order valence-corrected chi connectivity index (χ4v) is 3.20. The summed E-state index contributed by atoms with van der Waals surface area (Å²) in [5, 5.41) is 8.30. The molecule has 24 heavy (non-hydrogen) atoms. The van der Waals surface area contributed by atoms with Crippen molar-refractivity contribution in [3.63, 3.8) is 0 Å². The van der Waals surface area contributed by atoms with Crippen molar-refractivity contribution in [3.8, 4) is 0 Å². The van der Waals surface area contributed by atoms with Gasteiger partial charge < -0.3 is 4.42 Å². The number of benzene rings is 1. The average molecular weight is 367 g/mol. The van der Waals surface area contributed by atoms with Crippen LogP contribution in [0.25, 0.3) is 0 Å². The number of nitrogens with zero attached hydrogens (tertiary/aromatic N) is 3. The smallest absolute Gasteiger partial charge is 0.277 e. The van der Waals surface area contributed by atoms with Crippen LogP contribution in [0, 0.1) is 0 Å². The summed E-state index contributed by atoms with van der Waals surface area (Å²) in [6.07, 6.45) is 3.29. The first kappa shape index (κ1) is 17.0. The number of rotatable bonds is 7. The first-order valence-electron chi connectivity index (χ1n) is 7.38. The molecule has 1 heterocycles. The van der Waals surface area contributed by atoms with E-state index in [0.29, 0.717) is 28.3 Å². The fourth-order valence-electron chi connectivity index (χ4n) is 2.03. The SMILES string of the molecule is CN(c1ccc(C(=O)CSc2nnc(C3CC3)o2)cc1)S(C)(=O)=O. The monoisotopic (exact) mass is 367 g/mol. The molecule has 2 aromatic rings. The molecule has 0 atom stereocenters. The molecule has 0 radical (unpaired) electrons. The van der Waals surface area contributed by atoms with Gasteiger partial charge in [0.2, 0.25) is 15.9 Å². The molecule has 128 valence electrons. The van der Waals surface area contributed by atoms with Crippen LogP contribution in [0.5, 0.6) is 0 Å². The average Bonchev–Trinajstić information content (AvgIpc) is 3.30. The second-order valence-corrected chi connectivity index (χ2v) is 8.61. The minimum absolute atomic E-state index is 0.0836. The highest BCUT2D eigenvalue weighted by atomic mass is 32.2. The summed E-state index contributed by atoms with van der Waals surface area (Å²) in [5.41, 5.74) is 1.02. The van der Waals surface area contributed by atoms with Crippen molar-refractivity contribution >= 4 is 33.3 Å². The van der Waals surface area contributed by atoms with Crippen LogP contribution in [-0.2, 0) is 10.0 Å². The van der Waals surface area contributed by atoms with Gasteiger partial charge >= 0.3 is 0 Å². The van der Waals surface area contributed by atoms with Crippen LogP contribution in [0.3, 0.4) is 0 Å². The Kier molecular flexibility index (Phi) is 4.64. The molecule has 9 heteroatoms. The third-order valence-corrected chi connectivity index (χ3v) is 5.75. The molecule has 0 unspecified atom stereocenters. The molecule has 0 bridgehead atoms. The van der Waals surface area contributed by atoms with E-state index >= 15 is 0 Å². The highest BCUT2D eigenvalue weighted by Gasteiger charge is 2.29. The van der Waals surface area contributed by atoms with Gasteiger partial charge in [0.15, 0.2) is 5.78 Å². The Bertz CT molecular complexity index is 842. The zero-order valence-corrected chi connectivity index (χ0v) is 14.9. The molecule has 0 spiro atoms. The summed E-state index contributed by atoms with van der Waals surface area (Å²) < 4.78 is 29.7. The van der Waals surface area contributed by atoms with Crippen LogP contribution in [0.15, 0.2) is 33.9 Å². The van der Waals surface area contributed by atoms with Gasteiger partial charge in [0.25, 0.3) is 5.22 Å². The van der Waals surface area contributed by atoms with Crippen molar-refractivity contribution < 1.29 is 17.6 Å². The van der Waals surface area contributed by atoms with Crippen LogP contribution >= 0.6 is 11.8 Å². The van der Waals surface area contributed by atoms with Gasteiger partial charge in [-0.15, -0.1) is 10.2 Å². The summed E-state index contributed by atoms with van der Waals surface area (Å²) in [5.74, 6) is 1.15. The molecular formula is C15H17N3O4S2. The number of Topliss-reactive ketones (excluding diaryl/α,β-unsaturated/α-hetero) is 1. The first-order valence-corrected chi connectivity index (χ1v) is 10.2. The lowest BCUT2D eigenvalue weighted by molar-refractivity contribution is 0.102. The van der Waals surface area contributed by atoms with Crippen molar-refractivity contribution in [1.82, 2.24) is 10.2 Å². The second kappa shape index (κ2) is 6.56. The number of ketones is 1. The number of sulfonamides is 1. The Balaban J connectivity index is 1.60. The lowest BCUT2D eigenvalue weighted by atomic mass is 10.1. The molecule has 0 aliphatic heterocycles. The minimum Gasteiger partial charge on any atom is -0.416 e. The number of aromatic nitrogens is 2. The summed E-state index contributed by atoms with van der Waals surface area (Å²) in [6.45, 7) is 0. The normalized spacial score (nSPS) is 14.6. The maximum absolute atomic E-state index is 12.2. The van der Waals surface area contributed by atoms with Gasteiger partial charge in [-0.1, -0.05) is 11.8 Å². The molecule has 1 aromatic carbocycles. The standard InChI is InChI=1S/C15H17N3O4S2/c1-18(24(2,20)21)12-7-5-10(6-8-12)13(19)9-23-15-17-16-14(22-15)11-3-4-11/h5-8,11H,3-4,9H2,1-2H3. The van der Waals surface area contributed by atoms with E-state index in [-0.39, 0.29) is 11.5 Å². The van der Waals surface area contributed by atoms with E-state index in [9.17, 15) is 13.2 Å². The molecule has 7 nitrogen and oxygen atoms in total. The Morgan fingerprint density at radius 2 is 1.96 bits per heavy atom. The lowest BCUT2D eigenvalue weighted by Gasteiger charge is -2.16. The largest absolute Gasteiger partial charge is 0.416 e. The molecule has 0 N–H and O–H groups in total. The Hall–Kier alpha value is -1.87. The number of carbonyl (C=O) groups is 1. The van der Waals surface area contributed by atoms with Gasteiger partial charge in [-0.25, -0.2) is 8.42 Å². The Morgan fingerprint density at radius 3 is 2.54 bits per heavy atom. The molecule has 0 amide bonds. The molecule has 1 aromatic heterocycles. The molecule has 1 saturated carbocycles. The molecule has 1 fully saturated rings. The number of carbonyl (C=O) groups excluding carboxylic acids is 1. The highest BCUT2D eigenvalue weighted by molar-refractivity contribution is 7.99. The fraction of sp³-hybridized carbons (Fsp3) is 0.400. The predicted molar refractivity (Wildman–Crippen MR) is 91.0 cm³/mol. The lowest BCUT2D eigenvalue weighted by Crippen LogP contribution is -2.24. The molecule has 1 aliphatic rings. The minimum atomic E-state index is -3.32. The number of hydrogen-bond donors (Lipinski definition) is 0. The molecule has 0 saturated heterocycles. The van der Waals surface area contributed by atoms with Crippen molar-refractivity contribution in [2.24, 2.45) is 0 Å². The van der Waals surface area contributed by atoms with E-state index in [1.165, 1.54) is 18.8 Å². The Morgan fingerprint density at radius 1 is 1.29 bits per heavy atom. The van der Waals surface area contributed by atoms with E-state index in [0.717, 1.165) is 23.4 Å². The summed E-state index contributed by atoms with van der Waals surface area (Å²) in [7, 11) is -1.85. The van der Waals surface area contributed by atoms with E-state index in [2.05, 4.69) is 10.2 Å². The van der Waals surface area contributed by atoms with Crippen molar-refractivity contribution in [2.45, 2.75) is 24.0 Å². The van der Waals surface area contributed by atoms with Gasteiger partial charge in [-0.2, -0.15) is 0 Å². The summed E-state index contributed by atoms with van der Waals surface area (Å²) in [4.78, 5) is 12.2. The second-order valence-electron chi connectivity index (χ2n) is 5.67. The van der Waals surface area contributed by atoms with E-state index in [1.807, 2.05) is 0 Å². The van der Waals surface area contributed by atoms with E-state index in [4.69, 9.17) is 4.42 Å². The van der Waals surface area contributed by atoms with Crippen LogP contribution in [0.1, 0.15) is 35.0 Å². The first-order chi connectivity index (χ1) is 11.3. The van der Waals surface area contributed by atoms with Gasteiger partial charge in [0.1, 0.15) is 0 Å². The molecular weight excluding hydrogens is 350 g/mol. The van der Waals surface area contributed by atoms with Gasteiger partial charge in [0, 0.05) is 18.5 Å². The maximum atomic E-state index is 12.2. The highest BCUT2D eigenvalue weighted by Crippen LogP contribution is 2.39. The summed E-state index contributed by atoms with van der Waals surface area (Å²) in [6, 6.07) is 6.44. The van der Waals surface area contributed by atoms with Gasteiger partial charge in [-0.05, 0) is 37.1 Å². The number of thioether (sulfide) groups is 1. The van der Waals surface area contributed by atoms with Crippen molar-refractivity contribution in [3.05, 3.63) is 35.7 Å². The third kappa shape index (κ3) is 3.96. The van der Waals surface area contributed by atoms with Gasteiger partial charge in [-0.3, -0.25) is 9.10 Å². The Labute approximate surface area is 144 Å². The zero-order chi connectivity index (χ0) is 17.3. The topological polar surface area (TPSA) is 93.4 Å². The number of anilines is 1. The molecule has 1 aliphatic carbocycles.